The molecule has 54 heavy (non-hydrogen) atoms. The van der Waals surface area contributed by atoms with Gasteiger partial charge in [0.25, 0.3) is 0 Å². The number of rotatable bonds is 18. The van der Waals surface area contributed by atoms with Gasteiger partial charge in [-0.05, 0) is 30.4 Å². The van der Waals surface area contributed by atoms with Crippen LogP contribution in [0.3, 0.4) is 0 Å². The van der Waals surface area contributed by atoms with E-state index in [0.717, 1.165) is 18.7 Å². The average molecular weight is 808 g/mol. The van der Waals surface area contributed by atoms with Gasteiger partial charge in [0.2, 0.25) is 17.7 Å². The van der Waals surface area contributed by atoms with Gasteiger partial charge < -0.3 is 34.4 Å². The third-order valence-corrected chi connectivity index (χ3v) is 11.9. The lowest BCUT2D eigenvalue weighted by molar-refractivity contribution is -0.161. The van der Waals surface area contributed by atoms with Gasteiger partial charge in [-0.15, -0.1) is 13.2 Å². The summed E-state index contributed by atoms with van der Waals surface area (Å²) in [6.07, 6.45) is 3.10. The average Bonchev–Trinajstić information content (AvgIpc) is 3.80. The summed E-state index contributed by atoms with van der Waals surface area (Å²) in [5, 5.41) is 13.8. The maximum atomic E-state index is 15.0. The Morgan fingerprint density at radius 3 is 2.44 bits per heavy atom. The van der Waals surface area contributed by atoms with Gasteiger partial charge in [-0.2, -0.15) is 0 Å². The second-order valence-corrected chi connectivity index (χ2v) is 15.6. The van der Waals surface area contributed by atoms with Crippen molar-refractivity contribution in [1.29, 1.82) is 0 Å². The summed E-state index contributed by atoms with van der Waals surface area (Å²) in [6.45, 7) is 11.2. The van der Waals surface area contributed by atoms with Gasteiger partial charge in [-0.1, -0.05) is 88.7 Å². The van der Waals surface area contributed by atoms with E-state index in [1.165, 1.54) is 4.90 Å². The number of aliphatic hydroxyl groups is 1. The van der Waals surface area contributed by atoms with Crippen molar-refractivity contribution < 1.29 is 38.5 Å². The molecule has 8 atom stereocenters. The summed E-state index contributed by atoms with van der Waals surface area (Å²) >= 11 is 3.76. The maximum Gasteiger partial charge on any atom is 0.313 e. The molecule has 1 spiro atoms. The van der Waals surface area contributed by atoms with Crippen LogP contribution in [0.25, 0.3) is 0 Å². The molecule has 2 aromatic rings. The van der Waals surface area contributed by atoms with Crippen molar-refractivity contribution in [1.82, 2.24) is 20.0 Å². The van der Waals surface area contributed by atoms with Gasteiger partial charge in [-0.25, -0.2) is 0 Å². The van der Waals surface area contributed by atoms with E-state index in [9.17, 15) is 19.5 Å². The Hall–Kier alpha value is -3.88. The summed E-state index contributed by atoms with van der Waals surface area (Å²) < 4.78 is 18.5. The number of morpholine rings is 1. The van der Waals surface area contributed by atoms with Crippen LogP contribution >= 0.6 is 15.9 Å². The zero-order valence-electron chi connectivity index (χ0n) is 30.6. The summed E-state index contributed by atoms with van der Waals surface area (Å²) in [7, 11) is 0. The van der Waals surface area contributed by atoms with Gasteiger partial charge in [0.05, 0.1) is 50.3 Å². The maximum absolute atomic E-state index is 15.0. The van der Waals surface area contributed by atoms with Crippen molar-refractivity contribution in [2.24, 2.45) is 11.8 Å². The number of fused-ring (bicyclic) bond motifs is 1. The number of carbonyl (C=O) groups is 4. The highest BCUT2D eigenvalue weighted by Gasteiger charge is 2.77. The molecule has 4 fully saturated rings. The second kappa shape index (κ2) is 18.2. The molecule has 2 bridgehead atoms. The third-order valence-electron chi connectivity index (χ3n) is 11.1. The monoisotopic (exact) mass is 806 g/mol. The predicted octanol–water partition coefficient (Wildman–Crippen LogP) is 3.05. The van der Waals surface area contributed by atoms with Gasteiger partial charge in [0.15, 0.2) is 0 Å². The highest BCUT2D eigenvalue weighted by Crippen LogP contribution is 2.61. The number of esters is 1. The van der Waals surface area contributed by atoms with Crippen molar-refractivity contribution in [3.63, 3.8) is 0 Å². The molecule has 0 aliphatic carbocycles. The van der Waals surface area contributed by atoms with Gasteiger partial charge in [0.1, 0.15) is 17.7 Å². The molecular weight excluding hydrogens is 756 g/mol. The van der Waals surface area contributed by atoms with E-state index >= 15 is 4.79 Å². The topological polar surface area (TPSA) is 138 Å². The number of alkyl halides is 1. The lowest BCUT2D eigenvalue weighted by atomic mass is 9.70. The minimum Gasteiger partial charge on any atom is -0.455 e. The molecule has 4 aliphatic rings. The van der Waals surface area contributed by atoms with Gasteiger partial charge >= 0.3 is 5.97 Å². The van der Waals surface area contributed by atoms with E-state index in [1.54, 1.807) is 17.1 Å². The van der Waals surface area contributed by atoms with Crippen LogP contribution in [-0.2, 0) is 39.8 Å². The van der Waals surface area contributed by atoms with Crippen LogP contribution in [0.5, 0.6) is 0 Å². The lowest BCUT2D eigenvalue weighted by Gasteiger charge is -2.40. The molecule has 2 N–H and O–H groups in total. The SMILES string of the molecule is C=CCCC(=O)NC[C@@H](OC(=O)[C@H]1[C@@H]2O[C@@]3(CC2Br)[C@@H]1C(=O)N([C@@H](CO)Cc1ccccc1)[C@@H]3C(=O)N(CC=C)CCN1CCOCC1)c1ccccc1. The molecule has 0 radical (unpaired) electrons. The Bertz CT molecular complexity index is 1640. The number of halogens is 1. The Balaban J connectivity index is 1.33. The van der Waals surface area contributed by atoms with E-state index < -0.39 is 60.2 Å². The first-order chi connectivity index (χ1) is 26.2. The molecule has 6 rings (SSSR count). The number of benzene rings is 2. The number of hydrogen-bond donors (Lipinski definition) is 2. The van der Waals surface area contributed by atoms with Crippen LogP contribution < -0.4 is 5.32 Å². The van der Waals surface area contributed by atoms with E-state index in [1.807, 2.05) is 60.7 Å². The van der Waals surface area contributed by atoms with Crippen molar-refractivity contribution in [2.75, 3.05) is 59.1 Å². The molecule has 4 heterocycles. The minimum absolute atomic E-state index is 0.0298. The zero-order valence-corrected chi connectivity index (χ0v) is 32.2. The Labute approximate surface area is 325 Å². The van der Waals surface area contributed by atoms with Gasteiger partial charge in [0, 0.05) is 44.0 Å². The van der Waals surface area contributed by atoms with Gasteiger partial charge in [-0.3, -0.25) is 24.1 Å². The minimum atomic E-state index is -1.36. The van der Waals surface area contributed by atoms with Crippen molar-refractivity contribution in [3.05, 3.63) is 97.1 Å². The quantitative estimate of drug-likeness (QED) is 0.132. The first kappa shape index (κ1) is 39.8. The molecular formula is C41H51BrN4O8. The van der Waals surface area contributed by atoms with Crippen molar-refractivity contribution >= 4 is 39.6 Å². The number of nitrogens with one attached hydrogen (secondary N) is 1. The number of likely N-dealkylation sites (tertiary alicyclic amines) is 1. The van der Waals surface area contributed by atoms with E-state index in [0.29, 0.717) is 51.1 Å². The number of nitrogens with zero attached hydrogens (tertiary/aromatic N) is 3. The van der Waals surface area contributed by atoms with Crippen LogP contribution in [0.15, 0.2) is 86.0 Å². The number of allylic oxidation sites excluding steroid dienone is 1. The highest BCUT2D eigenvalue weighted by molar-refractivity contribution is 9.09. The standard InChI is InChI=1S/C41H51BrN4O8/c1-3-5-16-33(48)43-26-32(29-14-10-7-11-15-29)53-40(51)34-35-38(49)46(30(27-47)24-28-12-8-6-9-13-28)37(41(35)25-31(42)36(34)54-41)39(50)45(17-4-2)19-18-44-20-22-52-23-21-44/h3-4,6-15,30-32,34-37,47H,1-2,5,16-27H2,(H,43,48)/t30-,31?,32-,34-,35+,36-,37-,41+/m1/s1. The normalized spacial score (nSPS) is 27.2. The fourth-order valence-corrected chi connectivity index (χ4v) is 9.44. The Kier molecular flexibility index (Phi) is 13.4. The summed E-state index contributed by atoms with van der Waals surface area (Å²) in [4.78, 5) is 62.2. The van der Waals surface area contributed by atoms with Crippen LogP contribution in [0.4, 0.5) is 0 Å². The zero-order chi connectivity index (χ0) is 38.2. The first-order valence-electron chi connectivity index (χ1n) is 18.8. The smallest absolute Gasteiger partial charge is 0.313 e. The molecule has 2 aromatic carbocycles. The van der Waals surface area contributed by atoms with Crippen LogP contribution in [0.2, 0.25) is 0 Å². The van der Waals surface area contributed by atoms with Crippen LogP contribution in [0.1, 0.15) is 36.5 Å². The Morgan fingerprint density at radius 1 is 1.07 bits per heavy atom. The molecule has 3 amide bonds. The Morgan fingerprint density at radius 2 is 1.78 bits per heavy atom. The molecule has 0 aromatic heterocycles. The first-order valence-corrected chi connectivity index (χ1v) is 19.8. The fourth-order valence-electron chi connectivity index (χ4n) is 8.50. The predicted molar refractivity (Wildman–Crippen MR) is 205 cm³/mol. The fraction of sp³-hybridized carbons (Fsp3) is 0.512. The number of carbonyl (C=O) groups excluding carboxylic acids is 4. The van der Waals surface area contributed by atoms with Crippen LogP contribution in [-0.4, -0.2) is 131 Å². The molecule has 1 unspecified atom stereocenters. The van der Waals surface area contributed by atoms with Crippen molar-refractivity contribution in [2.45, 2.75) is 60.4 Å². The van der Waals surface area contributed by atoms with E-state index in [4.69, 9.17) is 14.2 Å². The van der Waals surface area contributed by atoms with E-state index in [-0.39, 0.29) is 36.2 Å². The van der Waals surface area contributed by atoms with E-state index in [2.05, 4.69) is 39.3 Å². The van der Waals surface area contributed by atoms with Crippen molar-refractivity contribution in [3.8, 4) is 0 Å². The van der Waals surface area contributed by atoms with Crippen LogP contribution in [0, 0.1) is 11.8 Å². The third kappa shape index (κ3) is 8.35. The highest BCUT2D eigenvalue weighted by atomic mass is 79.9. The molecule has 4 saturated heterocycles. The number of aliphatic hydroxyl groups excluding tert-OH is 1. The summed E-state index contributed by atoms with van der Waals surface area (Å²) in [5.74, 6) is -3.67. The molecule has 13 heteroatoms. The number of hydrogen-bond acceptors (Lipinski definition) is 9. The largest absolute Gasteiger partial charge is 0.455 e. The summed E-state index contributed by atoms with van der Waals surface area (Å²) in [5.41, 5.74) is 0.209. The lowest BCUT2D eigenvalue weighted by Crippen LogP contribution is -2.60. The number of ether oxygens (including phenoxy) is 3. The molecule has 12 nitrogen and oxygen atoms in total. The molecule has 0 saturated carbocycles. The number of amides is 3. The molecule has 4 aliphatic heterocycles. The summed E-state index contributed by atoms with van der Waals surface area (Å²) in [6, 6.07) is 16.8. The second-order valence-electron chi connectivity index (χ2n) is 14.4. The molecule has 290 valence electrons.